The summed E-state index contributed by atoms with van der Waals surface area (Å²) in [5.74, 6) is 0.516. The minimum Gasteiger partial charge on any atom is -0.317 e. The first kappa shape index (κ1) is 22.0. The van der Waals surface area contributed by atoms with Gasteiger partial charge < -0.3 is 10.6 Å². The molecule has 1 aliphatic rings. The molecule has 0 aliphatic carbocycles. The predicted octanol–water partition coefficient (Wildman–Crippen LogP) is 5.35. The summed E-state index contributed by atoms with van der Waals surface area (Å²) >= 11 is 0. The minimum absolute atomic E-state index is 0.134. The van der Waals surface area contributed by atoms with E-state index < -0.39 is 6.43 Å². The van der Waals surface area contributed by atoms with Crippen molar-refractivity contribution in [1.29, 1.82) is 0 Å². The van der Waals surface area contributed by atoms with Gasteiger partial charge in [-0.3, -0.25) is 9.78 Å². The van der Waals surface area contributed by atoms with E-state index in [0.29, 0.717) is 28.4 Å². The van der Waals surface area contributed by atoms with Crippen LogP contribution in [0, 0.1) is 0 Å². The number of piperidine rings is 1. The molecule has 8 heteroatoms. The number of hydrogen-bond donors (Lipinski definition) is 2. The van der Waals surface area contributed by atoms with Gasteiger partial charge in [-0.1, -0.05) is 18.2 Å². The van der Waals surface area contributed by atoms with Crippen LogP contribution in [0.4, 0.5) is 14.6 Å². The van der Waals surface area contributed by atoms with E-state index in [1.165, 1.54) is 11.6 Å². The fourth-order valence-corrected chi connectivity index (χ4v) is 4.30. The molecule has 1 aliphatic heterocycles. The third-order valence-electron chi connectivity index (χ3n) is 6.13. The molecule has 2 aromatic carbocycles. The van der Waals surface area contributed by atoms with Gasteiger partial charge in [0.15, 0.2) is 5.82 Å². The number of fused-ring (bicyclic) bond motifs is 1. The van der Waals surface area contributed by atoms with Gasteiger partial charge in [-0.25, -0.2) is 8.78 Å². The lowest BCUT2D eigenvalue weighted by atomic mass is 9.89. The number of rotatable bonds is 5. The van der Waals surface area contributed by atoms with E-state index >= 15 is 0 Å². The second-order valence-corrected chi connectivity index (χ2v) is 8.41. The molecule has 0 unspecified atom stereocenters. The Labute approximate surface area is 195 Å². The average molecular weight is 460 g/mol. The van der Waals surface area contributed by atoms with Gasteiger partial charge >= 0.3 is 0 Å². The Morgan fingerprint density at radius 1 is 0.971 bits per heavy atom. The van der Waals surface area contributed by atoms with Crippen LogP contribution < -0.4 is 10.6 Å². The van der Waals surface area contributed by atoms with Gasteiger partial charge in [-0.15, -0.1) is 10.2 Å². The Morgan fingerprint density at radius 3 is 2.65 bits per heavy atom. The summed E-state index contributed by atoms with van der Waals surface area (Å²) in [6.45, 7) is 1.97. The Bertz CT molecular complexity index is 1340. The van der Waals surface area contributed by atoms with Gasteiger partial charge in [0.05, 0.1) is 5.52 Å². The van der Waals surface area contributed by atoms with Crippen LogP contribution in [-0.4, -0.2) is 34.2 Å². The van der Waals surface area contributed by atoms with E-state index in [2.05, 4.69) is 31.9 Å². The van der Waals surface area contributed by atoms with Crippen LogP contribution in [0.15, 0.2) is 67.0 Å². The zero-order chi connectivity index (χ0) is 23.5. The molecule has 4 aromatic rings. The Morgan fingerprint density at radius 2 is 1.82 bits per heavy atom. The molecule has 3 heterocycles. The summed E-state index contributed by atoms with van der Waals surface area (Å²) in [5.41, 5.74) is 3.54. The highest BCUT2D eigenvalue weighted by Crippen LogP contribution is 2.28. The average Bonchev–Trinajstić information content (AvgIpc) is 2.89. The molecule has 1 fully saturated rings. The van der Waals surface area contributed by atoms with Crippen LogP contribution >= 0.6 is 0 Å². The Hall–Kier alpha value is -3.78. The van der Waals surface area contributed by atoms with Crippen molar-refractivity contribution in [2.75, 3.05) is 18.4 Å². The molecular formula is C26H23F2N5O. The minimum atomic E-state index is -2.59. The summed E-state index contributed by atoms with van der Waals surface area (Å²) in [7, 11) is 0. The van der Waals surface area contributed by atoms with E-state index in [1.54, 1.807) is 30.5 Å². The second kappa shape index (κ2) is 9.61. The smallest absolute Gasteiger partial charge is 0.265 e. The zero-order valence-electron chi connectivity index (χ0n) is 18.3. The lowest BCUT2D eigenvalue weighted by Crippen LogP contribution is -2.26. The van der Waals surface area contributed by atoms with Crippen molar-refractivity contribution in [1.82, 2.24) is 20.5 Å². The number of halogens is 2. The first-order valence-corrected chi connectivity index (χ1v) is 11.2. The highest BCUT2D eigenvalue weighted by molar-refractivity contribution is 6.04. The van der Waals surface area contributed by atoms with E-state index in [-0.39, 0.29) is 11.5 Å². The van der Waals surface area contributed by atoms with Crippen LogP contribution in [0.2, 0.25) is 0 Å². The second-order valence-electron chi connectivity index (χ2n) is 8.41. The van der Waals surface area contributed by atoms with Gasteiger partial charge in [0.25, 0.3) is 12.3 Å². The molecule has 2 N–H and O–H groups in total. The Kier molecular flexibility index (Phi) is 6.22. The largest absolute Gasteiger partial charge is 0.317 e. The first-order valence-electron chi connectivity index (χ1n) is 11.2. The number of hydrogen-bond acceptors (Lipinski definition) is 5. The van der Waals surface area contributed by atoms with Crippen molar-refractivity contribution < 1.29 is 13.6 Å². The van der Waals surface area contributed by atoms with Crippen molar-refractivity contribution in [2.45, 2.75) is 25.2 Å². The van der Waals surface area contributed by atoms with Gasteiger partial charge in [0.2, 0.25) is 0 Å². The fraction of sp³-hybridized carbons (Fsp3) is 0.231. The molecular weight excluding hydrogens is 436 g/mol. The van der Waals surface area contributed by atoms with Crippen molar-refractivity contribution in [2.24, 2.45) is 0 Å². The molecule has 0 spiro atoms. The van der Waals surface area contributed by atoms with Crippen molar-refractivity contribution >= 4 is 22.6 Å². The first-order chi connectivity index (χ1) is 16.6. The maximum Gasteiger partial charge on any atom is 0.265 e. The number of anilines is 1. The molecule has 0 radical (unpaired) electrons. The molecule has 172 valence electrons. The van der Waals surface area contributed by atoms with E-state index in [0.717, 1.165) is 43.1 Å². The summed E-state index contributed by atoms with van der Waals surface area (Å²) in [6.07, 6.45) is 2.22. The summed E-state index contributed by atoms with van der Waals surface area (Å²) in [4.78, 5) is 16.8. The zero-order valence-corrected chi connectivity index (χ0v) is 18.3. The number of pyridine rings is 1. The number of benzene rings is 2. The molecule has 6 nitrogen and oxygen atoms in total. The standard InChI is InChI=1S/C26H23F2N5O/c27-25(28)22-12-21(14-30-15-22)18-4-5-23-20(11-18)13-24(33-32-23)31-26(34)19-3-1-2-17(10-19)16-6-8-29-9-7-16/h1-5,10-16,25,29H,6-9H2,(H,31,33,34). The fourth-order valence-electron chi connectivity index (χ4n) is 4.30. The third kappa shape index (κ3) is 4.77. The summed E-state index contributed by atoms with van der Waals surface area (Å²) in [5, 5.41) is 15.2. The molecule has 0 bridgehead atoms. The SMILES string of the molecule is O=C(Nc1cc2cc(-c3cncc(C(F)F)c3)ccc2nn1)c1cccc(C2CCNCC2)c1. The van der Waals surface area contributed by atoms with Gasteiger partial charge in [0.1, 0.15) is 0 Å². The van der Waals surface area contributed by atoms with E-state index in [4.69, 9.17) is 0 Å². The number of nitrogens with one attached hydrogen (secondary N) is 2. The molecule has 1 amide bonds. The summed E-state index contributed by atoms with van der Waals surface area (Å²) in [6, 6.07) is 16.2. The maximum absolute atomic E-state index is 13.1. The molecule has 1 saturated heterocycles. The topological polar surface area (TPSA) is 79.8 Å². The van der Waals surface area contributed by atoms with Crippen LogP contribution in [0.5, 0.6) is 0 Å². The number of carbonyl (C=O) groups excluding carboxylic acids is 1. The monoisotopic (exact) mass is 459 g/mol. The maximum atomic E-state index is 13.1. The van der Waals surface area contributed by atoms with Crippen molar-refractivity contribution in [3.63, 3.8) is 0 Å². The van der Waals surface area contributed by atoms with Gasteiger partial charge in [-0.2, -0.15) is 0 Å². The van der Waals surface area contributed by atoms with E-state index in [1.807, 2.05) is 18.2 Å². The van der Waals surface area contributed by atoms with Crippen LogP contribution in [-0.2, 0) is 0 Å². The molecule has 34 heavy (non-hydrogen) atoms. The third-order valence-corrected chi connectivity index (χ3v) is 6.13. The number of nitrogens with zero attached hydrogens (tertiary/aromatic N) is 3. The van der Waals surface area contributed by atoms with Gasteiger partial charge in [0, 0.05) is 34.5 Å². The van der Waals surface area contributed by atoms with Crippen molar-refractivity contribution in [3.05, 3.63) is 83.7 Å². The molecule has 0 atom stereocenters. The van der Waals surface area contributed by atoms with E-state index in [9.17, 15) is 13.6 Å². The van der Waals surface area contributed by atoms with Crippen LogP contribution in [0.3, 0.4) is 0 Å². The Balaban J connectivity index is 1.38. The highest BCUT2D eigenvalue weighted by atomic mass is 19.3. The lowest BCUT2D eigenvalue weighted by Gasteiger charge is -2.23. The van der Waals surface area contributed by atoms with Crippen LogP contribution in [0.25, 0.3) is 22.0 Å². The number of aromatic nitrogens is 3. The van der Waals surface area contributed by atoms with Crippen LogP contribution in [0.1, 0.15) is 46.7 Å². The number of carbonyl (C=O) groups is 1. The van der Waals surface area contributed by atoms with Gasteiger partial charge in [-0.05, 0) is 79.4 Å². The quantitative estimate of drug-likeness (QED) is 0.421. The highest BCUT2D eigenvalue weighted by Gasteiger charge is 2.17. The number of amides is 1. The number of alkyl halides is 2. The van der Waals surface area contributed by atoms with Crippen molar-refractivity contribution in [3.8, 4) is 11.1 Å². The molecule has 2 aromatic heterocycles. The lowest BCUT2D eigenvalue weighted by molar-refractivity contribution is 0.102. The molecule has 0 saturated carbocycles. The predicted molar refractivity (Wildman–Crippen MR) is 127 cm³/mol. The molecule has 5 rings (SSSR count). The summed E-state index contributed by atoms with van der Waals surface area (Å²) < 4.78 is 26.1. The normalized spacial score (nSPS) is 14.4.